The zero-order valence-electron chi connectivity index (χ0n) is 9.94. The van der Waals surface area contributed by atoms with Crippen molar-refractivity contribution in [1.29, 1.82) is 0 Å². The third-order valence-corrected chi connectivity index (χ3v) is 2.83. The number of nitrogens with zero attached hydrogens (tertiary/aromatic N) is 1. The van der Waals surface area contributed by atoms with E-state index in [4.69, 9.17) is 0 Å². The maximum absolute atomic E-state index is 11.7. The first-order valence-corrected chi connectivity index (χ1v) is 5.82. The molecule has 0 aliphatic carbocycles. The summed E-state index contributed by atoms with van der Waals surface area (Å²) in [5.41, 5.74) is 2.89. The number of likely N-dealkylation sites (N-methyl/N-ethyl adjacent to an activating group) is 1. The Labute approximate surface area is 101 Å². The number of carbonyl (C=O) groups is 1. The molecule has 0 saturated carbocycles. The number of benzene rings is 1. The molecule has 0 radical (unpaired) electrons. The molecule has 0 unspecified atom stereocenters. The number of hydrogen-bond acceptors (Lipinski definition) is 2. The van der Waals surface area contributed by atoms with E-state index in [0.717, 1.165) is 30.5 Å². The lowest BCUT2D eigenvalue weighted by molar-refractivity contribution is -0.117. The lowest BCUT2D eigenvalue weighted by atomic mass is 10.00. The molecule has 0 saturated heterocycles. The van der Waals surface area contributed by atoms with Crippen LogP contribution in [-0.2, 0) is 11.2 Å². The molecule has 0 fully saturated rings. The second-order valence-corrected chi connectivity index (χ2v) is 4.02. The average molecular weight is 228 g/mol. The summed E-state index contributed by atoms with van der Waals surface area (Å²) >= 11 is 0. The third kappa shape index (κ3) is 2.81. The summed E-state index contributed by atoms with van der Waals surface area (Å²) in [6, 6.07) is 10.1. The highest BCUT2D eigenvalue weighted by molar-refractivity contribution is 5.95. The van der Waals surface area contributed by atoms with Crippen LogP contribution in [0.4, 0.5) is 0 Å². The van der Waals surface area contributed by atoms with Crippen LogP contribution in [-0.4, -0.2) is 19.2 Å². The van der Waals surface area contributed by atoms with E-state index in [1.165, 1.54) is 5.56 Å². The van der Waals surface area contributed by atoms with Gasteiger partial charge in [0.2, 0.25) is 5.91 Å². The Morgan fingerprint density at radius 3 is 2.82 bits per heavy atom. The van der Waals surface area contributed by atoms with Crippen molar-refractivity contribution in [3.63, 3.8) is 0 Å². The molecular formula is C14H16N2O. The van der Waals surface area contributed by atoms with Crippen LogP contribution >= 0.6 is 0 Å². The van der Waals surface area contributed by atoms with Gasteiger partial charge in [0.1, 0.15) is 0 Å². The summed E-state index contributed by atoms with van der Waals surface area (Å²) in [4.78, 5) is 16.1. The van der Waals surface area contributed by atoms with Crippen LogP contribution in [0.3, 0.4) is 0 Å². The molecule has 0 spiro atoms. The van der Waals surface area contributed by atoms with Gasteiger partial charge in [0, 0.05) is 25.3 Å². The van der Waals surface area contributed by atoms with Crippen LogP contribution in [0.1, 0.15) is 18.4 Å². The average Bonchev–Trinajstić information content (AvgIpc) is 2.40. The quantitative estimate of drug-likeness (QED) is 0.845. The molecule has 88 valence electrons. The number of carbonyl (C=O) groups excluding carboxylic acids is 1. The minimum atomic E-state index is -0.00668. The summed E-state index contributed by atoms with van der Waals surface area (Å²) in [5.74, 6) is -0.00668. The number of rotatable bonds is 3. The van der Waals surface area contributed by atoms with Gasteiger partial charge in [0.05, 0.1) is 5.70 Å². The molecule has 1 heterocycles. The largest absolute Gasteiger partial charge is 0.355 e. The van der Waals surface area contributed by atoms with Gasteiger partial charge in [-0.3, -0.25) is 9.79 Å². The molecule has 1 N–H and O–H groups in total. The van der Waals surface area contributed by atoms with Gasteiger partial charge in [-0.2, -0.15) is 0 Å². The highest BCUT2D eigenvalue weighted by Crippen LogP contribution is 2.20. The molecule has 1 amide bonds. The van der Waals surface area contributed by atoms with Crippen molar-refractivity contribution in [1.82, 2.24) is 5.32 Å². The standard InChI is InChI=1S/C14H16N2O/c1-15-14(17)12-8-5-9-16-13(12)10-11-6-3-2-4-7-11/h2-4,6-7,9H,5,8,10H2,1H3,(H,15,17). The maximum atomic E-state index is 11.7. The minimum absolute atomic E-state index is 0.00668. The molecule has 17 heavy (non-hydrogen) atoms. The predicted molar refractivity (Wildman–Crippen MR) is 69.0 cm³/mol. The molecule has 1 aromatic rings. The van der Waals surface area contributed by atoms with Crippen LogP contribution < -0.4 is 5.32 Å². The van der Waals surface area contributed by atoms with Crippen LogP contribution in [0, 0.1) is 0 Å². The summed E-state index contributed by atoms with van der Waals surface area (Å²) in [5, 5.41) is 2.68. The van der Waals surface area contributed by atoms with Crippen molar-refractivity contribution in [3.05, 3.63) is 47.2 Å². The van der Waals surface area contributed by atoms with E-state index in [2.05, 4.69) is 22.4 Å². The Hall–Kier alpha value is -1.90. The van der Waals surface area contributed by atoms with Crippen LogP contribution in [0.15, 0.2) is 46.6 Å². The van der Waals surface area contributed by atoms with Gasteiger partial charge in [0.15, 0.2) is 0 Å². The molecule has 1 aromatic carbocycles. The Bertz CT molecular complexity index is 460. The zero-order chi connectivity index (χ0) is 12.1. The predicted octanol–water partition coefficient (Wildman–Crippen LogP) is 2.09. The van der Waals surface area contributed by atoms with Crippen LogP contribution in [0.25, 0.3) is 0 Å². The second kappa shape index (κ2) is 5.43. The van der Waals surface area contributed by atoms with Gasteiger partial charge in [-0.25, -0.2) is 0 Å². The van der Waals surface area contributed by atoms with E-state index in [9.17, 15) is 4.79 Å². The number of amides is 1. The highest BCUT2D eigenvalue weighted by Gasteiger charge is 2.16. The van der Waals surface area contributed by atoms with Gasteiger partial charge in [0.25, 0.3) is 0 Å². The van der Waals surface area contributed by atoms with Gasteiger partial charge < -0.3 is 5.32 Å². The zero-order valence-corrected chi connectivity index (χ0v) is 9.94. The summed E-state index contributed by atoms with van der Waals surface area (Å²) in [7, 11) is 1.66. The lowest BCUT2D eigenvalue weighted by Crippen LogP contribution is -2.22. The third-order valence-electron chi connectivity index (χ3n) is 2.83. The molecule has 3 nitrogen and oxygen atoms in total. The number of nitrogens with one attached hydrogen (secondary N) is 1. The van der Waals surface area contributed by atoms with Crippen molar-refractivity contribution < 1.29 is 4.79 Å². The Kier molecular flexibility index (Phi) is 3.70. The van der Waals surface area contributed by atoms with Crippen molar-refractivity contribution in [3.8, 4) is 0 Å². The molecule has 3 heteroatoms. The molecule has 0 atom stereocenters. The first kappa shape index (κ1) is 11.6. The van der Waals surface area contributed by atoms with E-state index in [0.29, 0.717) is 0 Å². The number of allylic oxidation sites excluding steroid dienone is 1. The summed E-state index contributed by atoms with van der Waals surface area (Å²) in [6.45, 7) is 0. The van der Waals surface area contributed by atoms with Crippen molar-refractivity contribution in [2.75, 3.05) is 7.05 Å². The van der Waals surface area contributed by atoms with E-state index in [1.807, 2.05) is 24.4 Å². The number of aliphatic imine (C=N–C) groups is 1. The van der Waals surface area contributed by atoms with Crippen LogP contribution in [0.5, 0.6) is 0 Å². The topological polar surface area (TPSA) is 41.5 Å². The molecule has 2 rings (SSSR count). The van der Waals surface area contributed by atoms with Gasteiger partial charge >= 0.3 is 0 Å². The molecule has 0 aromatic heterocycles. The van der Waals surface area contributed by atoms with E-state index in [1.54, 1.807) is 7.05 Å². The Balaban J connectivity index is 2.25. The number of hydrogen-bond donors (Lipinski definition) is 1. The second-order valence-electron chi connectivity index (χ2n) is 4.02. The highest BCUT2D eigenvalue weighted by atomic mass is 16.1. The molecular weight excluding hydrogens is 212 g/mol. The Morgan fingerprint density at radius 2 is 2.12 bits per heavy atom. The molecule has 1 aliphatic rings. The van der Waals surface area contributed by atoms with E-state index in [-0.39, 0.29) is 5.91 Å². The minimum Gasteiger partial charge on any atom is -0.355 e. The normalized spacial score (nSPS) is 14.9. The summed E-state index contributed by atoms with van der Waals surface area (Å²) < 4.78 is 0. The van der Waals surface area contributed by atoms with Gasteiger partial charge in [-0.05, 0) is 18.4 Å². The first-order valence-electron chi connectivity index (χ1n) is 5.82. The van der Waals surface area contributed by atoms with Gasteiger partial charge in [-0.1, -0.05) is 30.3 Å². The smallest absolute Gasteiger partial charge is 0.248 e. The SMILES string of the molecule is CNC(=O)C1=C(Cc2ccccc2)N=CCC1. The summed E-state index contributed by atoms with van der Waals surface area (Å²) in [6.07, 6.45) is 4.25. The van der Waals surface area contributed by atoms with Crippen molar-refractivity contribution in [2.24, 2.45) is 4.99 Å². The monoisotopic (exact) mass is 228 g/mol. The van der Waals surface area contributed by atoms with Crippen molar-refractivity contribution >= 4 is 12.1 Å². The fourth-order valence-corrected chi connectivity index (χ4v) is 1.94. The Morgan fingerprint density at radius 1 is 1.35 bits per heavy atom. The fourth-order valence-electron chi connectivity index (χ4n) is 1.94. The molecule has 1 aliphatic heterocycles. The van der Waals surface area contributed by atoms with Crippen LogP contribution in [0.2, 0.25) is 0 Å². The lowest BCUT2D eigenvalue weighted by Gasteiger charge is -2.14. The van der Waals surface area contributed by atoms with Crippen molar-refractivity contribution in [2.45, 2.75) is 19.3 Å². The van der Waals surface area contributed by atoms with E-state index >= 15 is 0 Å². The van der Waals surface area contributed by atoms with Gasteiger partial charge in [-0.15, -0.1) is 0 Å². The van der Waals surface area contributed by atoms with E-state index < -0.39 is 0 Å². The fraction of sp³-hybridized carbons (Fsp3) is 0.286. The first-order chi connectivity index (χ1) is 8.31. The maximum Gasteiger partial charge on any atom is 0.248 e. The molecule has 0 bridgehead atoms.